The number of benzene rings is 1. The van der Waals surface area contributed by atoms with Crippen LogP contribution in [0.1, 0.15) is 46.0 Å². The lowest BCUT2D eigenvalue weighted by molar-refractivity contribution is -0.173. The van der Waals surface area contributed by atoms with Crippen LogP contribution in [0.3, 0.4) is 0 Å². The van der Waals surface area contributed by atoms with E-state index in [1.165, 1.54) is 19.3 Å². The van der Waals surface area contributed by atoms with Gasteiger partial charge in [0.2, 0.25) is 0 Å². The van der Waals surface area contributed by atoms with Crippen LogP contribution in [-0.4, -0.2) is 50.6 Å². The maximum atomic E-state index is 6.11. The molecule has 154 valence electrons. The maximum Gasteiger partial charge on any atom is 0.136 e. The molecule has 0 spiro atoms. The monoisotopic (exact) mass is 417 g/mol. The molecule has 6 heteroatoms. The molecule has 0 aliphatic carbocycles. The summed E-state index contributed by atoms with van der Waals surface area (Å²) >= 11 is 12.0. The summed E-state index contributed by atoms with van der Waals surface area (Å²) < 4.78 is 17.9. The second-order valence-corrected chi connectivity index (χ2v) is 7.87. The molecule has 1 unspecified atom stereocenters. The Morgan fingerprint density at radius 3 is 2.63 bits per heavy atom. The van der Waals surface area contributed by atoms with Crippen molar-refractivity contribution in [3.8, 4) is 5.75 Å². The van der Waals surface area contributed by atoms with E-state index < -0.39 is 0 Å². The van der Waals surface area contributed by atoms with Crippen molar-refractivity contribution >= 4 is 23.2 Å². The molecular formula is C21H33Cl2NO3. The molecule has 1 aromatic carbocycles. The summed E-state index contributed by atoms with van der Waals surface area (Å²) in [6.07, 6.45) is 5.82. The van der Waals surface area contributed by atoms with Crippen LogP contribution in [0.5, 0.6) is 5.75 Å². The number of hydrogen-bond acceptors (Lipinski definition) is 4. The summed E-state index contributed by atoms with van der Waals surface area (Å²) in [7, 11) is 1.79. The molecule has 0 saturated carbocycles. The normalized spacial score (nSPS) is 23.5. The van der Waals surface area contributed by atoms with Crippen molar-refractivity contribution in [2.24, 2.45) is 5.92 Å². The van der Waals surface area contributed by atoms with Gasteiger partial charge in [-0.1, -0.05) is 43.0 Å². The van der Waals surface area contributed by atoms with Gasteiger partial charge in [0.25, 0.3) is 0 Å². The van der Waals surface area contributed by atoms with Crippen LogP contribution in [0.15, 0.2) is 18.2 Å². The van der Waals surface area contributed by atoms with Crippen molar-refractivity contribution in [2.45, 2.75) is 58.3 Å². The molecule has 3 atom stereocenters. The lowest BCUT2D eigenvalue weighted by Crippen LogP contribution is -2.54. The van der Waals surface area contributed by atoms with E-state index in [1.54, 1.807) is 19.2 Å². The van der Waals surface area contributed by atoms with Crippen molar-refractivity contribution in [3.05, 3.63) is 28.2 Å². The fourth-order valence-corrected chi connectivity index (χ4v) is 4.05. The molecule has 1 aromatic rings. The molecule has 1 aliphatic heterocycles. The number of hydrogen-bond donors (Lipinski definition) is 0. The summed E-state index contributed by atoms with van der Waals surface area (Å²) in [5.74, 6) is 1.16. The quantitative estimate of drug-likeness (QED) is 0.435. The van der Waals surface area contributed by atoms with Gasteiger partial charge in [-0.15, -0.1) is 0 Å². The second-order valence-electron chi connectivity index (χ2n) is 7.05. The highest BCUT2D eigenvalue weighted by Crippen LogP contribution is 2.31. The Labute approximate surface area is 174 Å². The molecule has 1 aliphatic rings. The van der Waals surface area contributed by atoms with Gasteiger partial charge in [-0.2, -0.15) is 0 Å². The highest BCUT2D eigenvalue weighted by atomic mass is 35.5. The fraction of sp³-hybridized carbons (Fsp3) is 0.714. The first kappa shape index (κ1) is 22.8. The van der Waals surface area contributed by atoms with Crippen LogP contribution in [0.4, 0.5) is 0 Å². The van der Waals surface area contributed by atoms with Crippen LogP contribution in [0, 0.1) is 5.92 Å². The maximum absolute atomic E-state index is 6.11. The highest BCUT2D eigenvalue weighted by molar-refractivity contribution is 6.42. The average molecular weight is 418 g/mol. The first-order valence-electron chi connectivity index (χ1n) is 10.1. The SMILES string of the molecule is CCCCCN1CCC(CCOc2ccc(Cl)c(Cl)c2)[C@@H](OCC)[C@H]1OC. The molecule has 1 fully saturated rings. The third kappa shape index (κ3) is 6.79. The zero-order chi connectivity index (χ0) is 19.6. The van der Waals surface area contributed by atoms with E-state index in [4.69, 9.17) is 37.4 Å². The Morgan fingerprint density at radius 1 is 1.15 bits per heavy atom. The topological polar surface area (TPSA) is 30.9 Å². The molecule has 1 heterocycles. The van der Waals surface area contributed by atoms with Crippen molar-refractivity contribution in [1.29, 1.82) is 0 Å². The molecule has 0 amide bonds. The van der Waals surface area contributed by atoms with Gasteiger partial charge in [-0.3, -0.25) is 4.90 Å². The van der Waals surface area contributed by atoms with Gasteiger partial charge >= 0.3 is 0 Å². The highest BCUT2D eigenvalue weighted by Gasteiger charge is 2.38. The number of halogens is 2. The summed E-state index contributed by atoms with van der Waals surface area (Å²) in [4.78, 5) is 2.44. The Balaban J connectivity index is 1.91. The molecule has 2 rings (SSSR count). The molecule has 1 saturated heterocycles. The van der Waals surface area contributed by atoms with Crippen molar-refractivity contribution < 1.29 is 14.2 Å². The summed E-state index contributed by atoms with van der Waals surface area (Å²) in [5, 5.41) is 1.06. The van der Waals surface area contributed by atoms with Crippen LogP contribution >= 0.6 is 23.2 Å². The van der Waals surface area contributed by atoms with E-state index >= 15 is 0 Å². The van der Waals surface area contributed by atoms with E-state index in [2.05, 4.69) is 11.8 Å². The Kier molecular flexibility index (Phi) is 10.2. The lowest BCUT2D eigenvalue weighted by Gasteiger charge is -2.44. The predicted octanol–water partition coefficient (Wildman–Crippen LogP) is 5.65. The Bertz CT molecular complexity index is 558. The van der Waals surface area contributed by atoms with Gasteiger partial charge in [-0.05, 0) is 44.2 Å². The van der Waals surface area contributed by atoms with Crippen LogP contribution in [0.25, 0.3) is 0 Å². The van der Waals surface area contributed by atoms with Crippen LogP contribution < -0.4 is 4.74 Å². The minimum atomic E-state index is 0.0190. The average Bonchev–Trinajstić information content (AvgIpc) is 2.66. The number of methoxy groups -OCH3 is 1. The standard InChI is InChI=1S/C21H33Cl2NO3/c1-4-6-7-12-24-13-10-16(20(26-5-2)21(24)25-3)11-14-27-17-8-9-18(22)19(23)15-17/h8-9,15-16,20-21H,4-7,10-14H2,1-3H3/t16?,20-,21-/m1/s1. The molecule has 0 bridgehead atoms. The summed E-state index contributed by atoms with van der Waals surface area (Å²) in [6, 6.07) is 5.37. The first-order chi connectivity index (χ1) is 13.1. The second kappa shape index (κ2) is 12.1. The number of likely N-dealkylation sites (tertiary alicyclic amines) is 1. The molecule has 0 aromatic heterocycles. The first-order valence-corrected chi connectivity index (χ1v) is 10.8. The van der Waals surface area contributed by atoms with E-state index in [-0.39, 0.29) is 12.3 Å². The van der Waals surface area contributed by atoms with Gasteiger partial charge in [0.1, 0.15) is 18.1 Å². The zero-order valence-corrected chi connectivity index (χ0v) is 18.3. The van der Waals surface area contributed by atoms with Crippen molar-refractivity contribution in [3.63, 3.8) is 0 Å². The van der Waals surface area contributed by atoms with E-state index in [9.17, 15) is 0 Å². The summed E-state index contributed by atoms with van der Waals surface area (Å²) in [5.41, 5.74) is 0. The predicted molar refractivity (Wildman–Crippen MR) is 112 cm³/mol. The lowest BCUT2D eigenvalue weighted by atomic mass is 9.89. The van der Waals surface area contributed by atoms with Crippen molar-refractivity contribution in [2.75, 3.05) is 33.4 Å². The smallest absolute Gasteiger partial charge is 0.136 e. The number of piperidine rings is 1. The van der Waals surface area contributed by atoms with Gasteiger partial charge < -0.3 is 14.2 Å². The largest absolute Gasteiger partial charge is 0.494 e. The number of ether oxygens (including phenoxy) is 3. The zero-order valence-electron chi connectivity index (χ0n) is 16.8. The minimum Gasteiger partial charge on any atom is -0.494 e. The van der Waals surface area contributed by atoms with Crippen LogP contribution in [-0.2, 0) is 9.47 Å². The van der Waals surface area contributed by atoms with E-state index in [0.717, 1.165) is 31.7 Å². The number of rotatable bonds is 11. The van der Waals surface area contributed by atoms with E-state index in [0.29, 0.717) is 29.2 Å². The van der Waals surface area contributed by atoms with Gasteiger partial charge in [0, 0.05) is 32.9 Å². The van der Waals surface area contributed by atoms with Gasteiger partial charge in [0.15, 0.2) is 0 Å². The van der Waals surface area contributed by atoms with E-state index in [1.807, 2.05) is 13.0 Å². The third-order valence-corrected chi connectivity index (χ3v) is 5.93. The molecule has 0 N–H and O–H groups in total. The van der Waals surface area contributed by atoms with Crippen LogP contribution in [0.2, 0.25) is 10.0 Å². The summed E-state index contributed by atoms with van der Waals surface area (Å²) in [6.45, 7) is 7.71. The minimum absolute atomic E-state index is 0.0190. The third-order valence-electron chi connectivity index (χ3n) is 5.19. The molecule has 4 nitrogen and oxygen atoms in total. The Hall–Kier alpha value is -0.520. The fourth-order valence-electron chi connectivity index (χ4n) is 3.77. The van der Waals surface area contributed by atoms with Crippen molar-refractivity contribution in [1.82, 2.24) is 4.90 Å². The van der Waals surface area contributed by atoms with Gasteiger partial charge in [-0.25, -0.2) is 0 Å². The molecule has 0 radical (unpaired) electrons. The number of nitrogens with zero attached hydrogens (tertiary/aromatic N) is 1. The molecular weight excluding hydrogens is 385 g/mol. The Morgan fingerprint density at radius 2 is 1.96 bits per heavy atom. The van der Waals surface area contributed by atoms with Gasteiger partial charge in [0.05, 0.1) is 16.7 Å². The number of unbranched alkanes of at least 4 members (excludes halogenated alkanes) is 2. The molecule has 27 heavy (non-hydrogen) atoms.